The van der Waals surface area contributed by atoms with E-state index < -0.39 is 23.4 Å². The fourth-order valence-electron chi connectivity index (χ4n) is 1.82. The first-order valence-electron chi connectivity index (χ1n) is 4.83. The van der Waals surface area contributed by atoms with Gasteiger partial charge in [0, 0.05) is 6.20 Å². The molecule has 1 saturated carbocycles. The van der Waals surface area contributed by atoms with Gasteiger partial charge in [0.1, 0.15) is 0 Å². The van der Waals surface area contributed by atoms with E-state index in [0.29, 0.717) is 19.3 Å². The monoisotopic (exact) mass is 312 g/mol. The molecule has 94 valence electrons. The summed E-state index contributed by atoms with van der Waals surface area (Å²) in [5.74, 6) is -1.15. The summed E-state index contributed by atoms with van der Waals surface area (Å²) in [6.45, 7) is 0. The van der Waals surface area contributed by atoms with Crippen LogP contribution in [0.15, 0.2) is 10.7 Å². The summed E-state index contributed by atoms with van der Waals surface area (Å²) >= 11 is 2.75. The Balaban J connectivity index is 2.45. The van der Waals surface area contributed by atoms with E-state index >= 15 is 0 Å². The first-order valence-corrected chi connectivity index (χ1v) is 5.63. The van der Waals surface area contributed by atoms with Crippen LogP contribution in [0.4, 0.5) is 13.2 Å². The number of hydrogen-bond acceptors (Lipinski definition) is 2. The molecule has 1 aromatic rings. The SMILES string of the molecule is O=C(O)C1(n2cc(Br)c(C(F)(F)F)n2)CCC1. The van der Waals surface area contributed by atoms with Crippen LogP contribution in [0.1, 0.15) is 25.0 Å². The van der Waals surface area contributed by atoms with Crippen LogP contribution >= 0.6 is 15.9 Å². The van der Waals surface area contributed by atoms with E-state index in [9.17, 15) is 18.0 Å². The first-order chi connectivity index (χ1) is 7.77. The molecule has 0 aliphatic heterocycles. The largest absolute Gasteiger partial charge is 0.479 e. The number of aliphatic carboxylic acids is 1. The van der Waals surface area contributed by atoms with E-state index in [1.165, 1.54) is 0 Å². The number of rotatable bonds is 2. The average molecular weight is 313 g/mol. The molecule has 0 unspecified atom stereocenters. The Morgan fingerprint density at radius 2 is 2.12 bits per heavy atom. The predicted molar refractivity (Wildman–Crippen MR) is 54.4 cm³/mol. The lowest BCUT2D eigenvalue weighted by atomic mass is 9.77. The minimum atomic E-state index is -4.59. The van der Waals surface area contributed by atoms with Gasteiger partial charge in [-0.15, -0.1) is 0 Å². The fourth-order valence-corrected chi connectivity index (χ4v) is 2.31. The standard InChI is InChI=1S/C9H8BrF3N2O2/c10-5-4-15(14-6(5)9(11,12)13)8(7(16)17)2-1-3-8/h4H,1-3H2,(H,16,17). The van der Waals surface area contributed by atoms with Gasteiger partial charge in [-0.25, -0.2) is 4.79 Å². The van der Waals surface area contributed by atoms with Crippen LogP contribution in [0.2, 0.25) is 0 Å². The second-order valence-corrected chi connectivity index (χ2v) is 4.81. The molecule has 1 fully saturated rings. The Morgan fingerprint density at radius 1 is 1.53 bits per heavy atom. The van der Waals surface area contributed by atoms with Crippen molar-refractivity contribution in [1.29, 1.82) is 0 Å². The van der Waals surface area contributed by atoms with Crippen molar-refractivity contribution in [2.45, 2.75) is 31.0 Å². The van der Waals surface area contributed by atoms with Crippen LogP contribution in [0.5, 0.6) is 0 Å². The Bertz CT molecular complexity index is 465. The minimum Gasteiger partial charge on any atom is -0.479 e. The van der Waals surface area contributed by atoms with Crippen LogP contribution in [-0.2, 0) is 16.5 Å². The second-order valence-electron chi connectivity index (χ2n) is 3.96. The molecule has 0 atom stereocenters. The number of alkyl halides is 3. The van der Waals surface area contributed by atoms with Crippen LogP contribution in [0, 0.1) is 0 Å². The van der Waals surface area contributed by atoms with E-state index in [2.05, 4.69) is 21.0 Å². The third kappa shape index (κ3) is 1.84. The van der Waals surface area contributed by atoms with Gasteiger partial charge < -0.3 is 5.11 Å². The predicted octanol–water partition coefficient (Wildman–Crippen LogP) is 2.63. The number of hydrogen-bond donors (Lipinski definition) is 1. The first kappa shape index (κ1) is 12.4. The summed E-state index contributed by atoms with van der Waals surface area (Å²) in [6, 6.07) is 0. The smallest absolute Gasteiger partial charge is 0.436 e. The minimum absolute atomic E-state index is 0.238. The van der Waals surface area contributed by atoms with E-state index in [-0.39, 0.29) is 4.47 Å². The lowest BCUT2D eigenvalue weighted by Crippen LogP contribution is -2.48. The number of nitrogens with zero attached hydrogens (tertiary/aromatic N) is 2. The van der Waals surface area contributed by atoms with Crippen molar-refractivity contribution in [2.24, 2.45) is 0 Å². The molecular weight excluding hydrogens is 305 g/mol. The van der Waals surface area contributed by atoms with E-state index in [4.69, 9.17) is 5.11 Å². The Morgan fingerprint density at radius 3 is 2.41 bits per heavy atom. The van der Waals surface area contributed by atoms with Gasteiger partial charge in [-0.1, -0.05) is 0 Å². The molecule has 0 bridgehead atoms. The van der Waals surface area contributed by atoms with Crippen molar-refractivity contribution in [2.75, 3.05) is 0 Å². The molecule has 0 aromatic carbocycles. The zero-order valence-corrected chi connectivity index (χ0v) is 10.0. The summed E-state index contributed by atoms with van der Waals surface area (Å²) in [5, 5.41) is 12.4. The van der Waals surface area contributed by atoms with Gasteiger partial charge in [-0.3, -0.25) is 4.68 Å². The summed E-state index contributed by atoms with van der Waals surface area (Å²) in [4.78, 5) is 11.1. The van der Waals surface area contributed by atoms with E-state index in [1.54, 1.807) is 0 Å². The van der Waals surface area contributed by atoms with Crippen LogP contribution in [0.3, 0.4) is 0 Å². The molecule has 0 spiro atoms. The summed E-state index contributed by atoms with van der Waals surface area (Å²) < 4.78 is 38.2. The van der Waals surface area contributed by atoms with Crippen molar-refractivity contribution >= 4 is 21.9 Å². The van der Waals surface area contributed by atoms with E-state index in [0.717, 1.165) is 10.9 Å². The van der Waals surface area contributed by atoms with Crippen molar-refractivity contribution in [1.82, 2.24) is 9.78 Å². The van der Waals surface area contributed by atoms with Gasteiger partial charge in [0.05, 0.1) is 4.47 Å². The molecule has 8 heteroatoms. The van der Waals surface area contributed by atoms with Crippen LogP contribution < -0.4 is 0 Å². The third-order valence-corrected chi connectivity index (χ3v) is 3.54. The molecular formula is C9H8BrF3N2O2. The molecule has 1 N–H and O–H groups in total. The van der Waals surface area contributed by atoms with E-state index in [1.807, 2.05) is 0 Å². The lowest BCUT2D eigenvalue weighted by Gasteiger charge is -2.37. The van der Waals surface area contributed by atoms with Gasteiger partial charge in [-0.2, -0.15) is 18.3 Å². The Labute approximate surface area is 103 Å². The highest BCUT2D eigenvalue weighted by molar-refractivity contribution is 9.10. The lowest BCUT2D eigenvalue weighted by molar-refractivity contribution is -0.155. The number of aromatic nitrogens is 2. The Kier molecular flexibility index (Phi) is 2.72. The van der Waals surface area contributed by atoms with Crippen LogP contribution in [-0.4, -0.2) is 20.9 Å². The summed E-state index contributed by atoms with van der Waals surface area (Å²) in [6.07, 6.45) is -2.24. The topological polar surface area (TPSA) is 55.1 Å². The maximum atomic E-state index is 12.5. The Hall–Kier alpha value is -1.05. The molecule has 1 heterocycles. The van der Waals surface area contributed by atoms with Gasteiger partial charge in [0.2, 0.25) is 0 Å². The summed E-state index contributed by atoms with van der Waals surface area (Å²) in [5.41, 5.74) is -2.41. The maximum Gasteiger partial charge on any atom is 0.436 e. The quantitative estimate of drug-likeness (QED) is 0.913. The average Bonchev–Trinajstić information content (AvgIpc) is 2.43. The molecule has 0 saturated heterocycles. The molecule has 0 amide bonds. The molecule has 0 radical (unpaired) electrons. The van der Waals surface area contributed by atoms with Gasteiger partial charge in [0.15, 0.2) is 11.2 Å². The number of halogens is 4. The second kappa shape index (κ2) is 3.72. The van der Waals surface area contributed by atoms with Gasteiger partial charge >= 0.3 is 12.1 Å². The normalized spacial score (nSPS) is 18.8. The highest BCUT2D eigenvalue weighted by Crippen LogP contribution is 2.42. The maximum absolute atomic E-state index is 12.5. The zero-order valence-electron chi connectivity index (χ0n) is 8.46. The van der Waals surface area contributed by atoms with Crippen molar-refractivity contribution in [3.63, 3.8) is 0 Å². The molecule has 2 rings (SSSR count). The number of carboxylic acids is 1. The van der Waals surface area contributed by atoms with Crippen molar-refractivity contribution < 1.29 is 23.1 Å². The van der Waals surface area contributed by atoms with Gasteiger partial charge in [-0.05, 0) is 35.2 Å². The zero-order chi connectivity index (χ0) is 12.8. The van der Waals surface area contributed by atoms with Gasteiger partial charge in [0.25, 0.3) is 0 Å². The highest BCUT2D eigenvalue weighted by Gasteiger charge is 2.49. The molecule has 4 nitrogen and oxygen atoms in total. The fraction of sp³-hybridized carbons (Fsp3) is 0.556. The molecule has 1 aromatic heterocycles. The highest BCUT2D eigenvalue weighted by atomic mass is 79.9. The van der Waals surface area contributed by atoms with Crippen molar-refractivity contribution in [3.05, 3.63) is 16.4 Å². The number of carbonyl (C=O) groups is 1. The molecule has 17 heavy (non-hydrogen) atoms. The third-order valence-electron chi connectivity index (χ3n) is 2.96. The molecule has 1 aliphatic carbocycles. The number of carboxylic acid groups (broad SMARTS) is 1. The van der Waals surface area contributed by atoms with Crippen molar-refractivity contribution in [3.8, 4) is 0 Å². The van der Waals surface area contributed by atoms with Crippen LogP contribution in [0.25, 0.3) is 0 Å². The summed E-state index contributed by atoms with van der Waals surface area (Å²) in [7, 11) is 0. The molecule has 1 aliphatic rings.